The number of hydrogen-bond donors (Lipinski definition) is 2. The molecule has 1 aromatic heterocycles. The molecule has 0 aliphatic carbocycles. The second-order valence-electron chi connectivity index (χ2n) is 4.45. The van der Waals surface area contributed by atoms with E-state index < -0.39 is 0 Å². The monoisotopic (exact) mass is 261 g/mol. The van der Waals surface area contributed by atoms with Crippen molar-refractivity contribution >= 4 is 0 Å². The summed E-state index contributed by atoms with van der Waals surface area (Å²) in [5.74, 6) is 0.860. The van der Waals surface area contributed by atoms with Gasteiger partial charge < -0.3 is 10.5 Å². The second kappa shape index (κ2) is 5.32. The van der Waals surface area contributed by atoms with Gasteiger partial charge in [0.15, 0.2) is 0 Å². The fourth-order valence-corrected chi connectivity index (χ4v) is 2.15. The van der Waals surface area contributed by atoms with E-state index in [0.717, 1.165) is 22.6 Å². The average molecular weight is 261 g/mol. The van der Waals surface area contributed by atoms with E-state index in [-0.39, 0.29) is 12.1 Å². The lowest BCUT2D eigenvalue weighted by atomic mass is 10.0. The van der Waals surface area contributed by atoms with Crippen LogP contribution in [-0.4, -0.2) is 16.4 Å². The summed E-state index contributed by atoms with van der Waals surface area (Å²) in [6.07, 6.45) is 0. The predicted molar refractivity (Wildman–Crippen MR) is 75.3 cm³/mol. The van der Waals surface area contributed by atoms with Gasteiger partial charge in [0.25, 0.3) is 5.56 Å². The number of nitrogens with zero attached hydrogens (tertiary/aromatic N) is 1. The molecule has 0 aliphatic rings. The molecule has 1 heterocycles. The fraction of sp³-hybridized carbons (Fsp3) is 0.357. The summed E-state index contributed by atoms with van der Waals surface area (Å²) < 4.78 is 6.96. The smallest absolute Gasteiger partial charge is 0.271 e. The third-order valence-electron chi connectivity index (χ3n) is 3.11. The zero-order chi connectivity index (χ0) is 14.0. The van der Waals surface area contributed by atoms with Gasteiger partial charge in [0.1, 0.15) is 5.75 Å². The minimum Gasteiger partial charge on any atom is -0.494 e. The number of rotatable bonds is 4. The van der Waals surface area contributed by atoms with Crippen molar-refractivity contribution in [3.05, 3.63) is 39.7 Å². The first-order chi connectivity index (χ1) is 9.08. The summed E-state index contributed by atoms with van der Waals surface area (Å²) in [6, 6.07) is 5.84. The van der Waals surface area contributed by atoms with Crippen LogP contribution in [0.15, 0.2) is 23.0 Å². The molecule has 0 unspecified atom stereocenters. The Bertz CT molecular complexity index is 641. The van der Waals surface area contributed by atoms with Crippen molar-refractivity contribution in [2.75, 3.05) is 6.61 Å². The first-order valence-electron chi connectivity index (χ1n) is 6.30. The summed E-state index contributed by atoms with van der Waals surface area (Å²) in [5, 5.41) is 3.04. The van der Waals surface area contributed by atoms with Crippen LogP contribution in [0, 0.1) is 6.92 Å². The molecule has 3 N–H and O–H groups in total. The van der Waals surface area contributed by atoms with Gasteiger partial charge in [-0.25, -0.2) is 0 Å². The molecule has 0 amide bonds. The van der Waals surface area contributed by atoms with E-state index in [1.54, 1.807) is 7.05 Å². The molecule has 0 radical (unpaired) electrons. The molecule has 1 aromatic carbocycles. The predicted octanol–water partition coefficient (Wildman–Crippen LogP) is 1.55. The SMILES string of the molecule is CCOc1ccc(-c2[nH]n(C)c(=O)c2CN)cc1C. The fourth-order valence-electron chi connectivity index (χ4n) is 2.15. The van der Waals surface area contributed by atoms with Crippen molar-refractivity contribution < 1.29 is 4.74 Å². The molecule has 19 heavy (non-hydrogen) atoms. The highest BCUT2D eigenvalue weighted by Crippen LogP contribution is 2.26. The van der Waals surface area contributed by atoms with Gasteiger partial charge in [-0.2, -0.15) is 0 Å². The number of H-pyrrole nitrogens is 1. The summed E-state index contributed by atoms with van der Waals surface area (Å²) >= 11 is 0. The lowest BCUT2D eigenvalue weighted by Gasteiger charge is -2.09. The number of aromatic amines is 1. The Balaban J connectivity index is 2.51. The van der Waals surface area contributed by atoms with Crippen LogP contribution in [0.3, 0.4) is 0 Å². The third kappa shape index (κ3) is 2.42. The number of hydrogen-bond acceptors (Lipinski definition) is 3. The van der Waals surface area contributed by atoms with E-state index in [1.165, 1.54) is 4.68 Å². The molecule has 5 heteroatoms. The Morgan fingerprint density at radius 3 is 2.74 bits per heavy atom. The molecule has 0 saturated carbocycles. The van der Waals surface area contributed by atoms with Crippen LogP contribution in [0.2, 0.25) is 0 Å². The highest BCUT2D eigenvalue weighted by Gasteiger charge is 2.13. The quantitative estimate of drug-likeness (QED) is 0.877. The molecule has 0 bridgehead atoms. The van der Waals surface area contributed by atoms with Crippen molar-refractivity contribution in [1.82, 2.24) is 9.78 Å². The summed E-state index contributed by atoms with van der Waals surface area (Å²) in [6.45, 7) is 4.79. The number of ether oxygens (including phenoxy) is 1. The van der Waals surface area contributed by atoms with Gasteiger partial charge in [-0.05, 0) is 37.6 Å². The van der Waals surface area contributed by atoms with Crippen LogP contribution in [-0.2, 0) is 13.6 Å². The number of nitrogens with one attached hydrogen (secondary N) is 1. The Morgan fingerprint density at radius 2 is 2.16 bits per heavy atom. The van der Waals surface area contributed by atoms with E-state index in [1.807, 2.05) is 32.0 Å². The minimum atomic E-state index is -0.0796. The van der Waals surface area contributed by atoms with Crippen molar-refractivity contribution in [2.24, 2.45) is 12.8 Å². The molecular formula is C14H19N3O2. The van der Waals surface area contributed by atoms with Crippen LogP contribution < -0.4 is 16.0 Å². The number of aryl methyl sites for hydroxylation is 2. The van der Waals surface area contributed by atoms with Gasteiger partial charge in [-0.1, -0.05) is 0 Å². The van der Waals surface area contributed by atoms with Gasteiger partial charge in [0, 0.05) is 19.2 Å². The van der Waals surface area contributed by atoms with Crippen LogP contribution in [0.4, 0.5) is 0 Å². The van der Waals surface area contributed by atoms with Crippen LogP contribution >= 0.6 is 0 Å². The first-order valence-corrected chi connectivity index (χ1v) is 6.30. The Morgan fingerprint density at radius 1 is 1.42 bits per heavy atom. The van der Waals surface area contributed by atoms with Gasteiger partial charge in [0.05, 0.1) is 17.9 Å². The lowest BCUT2D eigenvalue weighted by molar-refractivity contribution is 0.338. The number of benzene rings is 1. The highest BCUT2D eigenvalue weighted by molar-refractivity contribution is 5.65. The van der Waals surface area contributed by atoms with Crippen molar-refractivity contribution in [1.29, 1.82) is 0 Å². The molecule has 0 atom stereocenters. The van der Waals surface area contributed by atoms with Crippen LogP contribution in [0.5, 0.6) is 5.75 Å². The topological polar surface area (TPSA) is 73.0 Å². The summed E-state index contributed by atoms with van der Waals surface area (Å²) in [7, 11) is 1.69. The molecular weight excluding hydrogens is 242 g/mol. The maximum atomic E-state index is 11.9. The summed E-state index contributed by atoms with van der Waals surface area (Å²) in [5.41, 5.74) is 8.94. The lowest BCUT2D eigenvalue weighted by Crippen LogP contribution is -2.17. The van der Waals surface area contributed by atoms with E-state index in [0.29, 0.717) is 12.2 Å². The molecule has 2 aromatic rings. The van der Waals surface area contributed by atoms with E-state index >= 15 is 0 Å². The van der Waals surface area contributed by atoms with Crippen LogP contribution in [0.1, 0.15) is 18.1 Å². The van der Waals surface area contributed by atoms with Crippen molar-refractivity contribution in [3.63, 3.8) is 0 Å². The zero-order valence-corrected chi connectivity index (χ0v) is 11.5. The highest BCUT2D eigenvalue weighted by atomic mass is 16.5. The van der Waals surface area contributed by atoms with Gasteiger partial charge in [0.2, 0.25) is 0 Å². The Hall–Kier alpha value is -2.01. The summed E-state index contributed by atoms with van der Waals surface area (Å²) in [4.78, 5) is 11.9. The van der Waals surface area contributed by atoms with Crippen LogP contribution in [0.25, 0.3) is 11.3 Å². The Labute approximate surface area is 112 Å². The van der Waals surface area contributed by atoms with Crippen molar-refractivity contribution in [3.8, 4) is 17.0 Å². The number of aromatic nitrogens is 2. The molecule has 0 fully saturated rings. The largest absolute Gasteiger partial charge is 0.494 e. The average Bonchev–Trinajstić information content (AvgIpc) is 2.68. The Kier molecular flexibility index (Phi) is 3.76. The third-order valence-corrected chi connectivity index (χ3v) is 3.11. The number of nitrogens with two attached hydrogens (primary N) is 1. The minimum absolute atomic E-state index is 0.0796. The molecule has 2 rings (SSSR count). The van der Waals surface area contributed by atoms with Gasteiger partial charge >= 0.3 is 0 Å². The van der Waals surface area contributed by atoms with Gasteiger partial charge in [-0.15, -0.1) is 0 Å². The standard InChI is InChI=1S/C14H19N3O2/c1-4-19-12-6-5-10(7-9(12)2)13-11(8-15)14(18)17(3)16-13/h5-7,16H,4,8,15H2,1-3H3. The maximum Gasteiger partial charge on any atom is 0.271 e. The second-order valence-corrected chi connectivity index (χ2v) is 4.45. The maximum absolute atomic E-state index is 11.9. The van der Waals surface area contributed by atoms with Gasteiger partial charge in [-0.3, -0.25) is 14.6 Å². The molecule has 0 aliphatic heterocycles. The molecule has 0 spiro atoms. The van der Waals surface area contributed by atoms with E-state index in [4.69, 9.17) is 10.5 Å². The molecule has 0 saturated heterocycles. The molecule has 102 valence electrons. The van der Waals surface area contributed by atoms with Crippen molar-refractivity contribution in [2.45, 2.75) is 20.4 Å². The normalized spacial score (nSPS) is 10.7. The zero-order valence-electron chi connectivity index (χ0n) is 11.5. The first kappa shape index (κ1) is 13.4. The molecule has 5 nitrogen and oxygen atoms in total. The van der Waals surface area contributed by atoms with E-state index in [9.17, 15) is 4.79 Å². The van der Waals surface area contributed by atoms with E-state index in [2.05, 4.69) is 5.10 Å².